The molecule has 0 atom stereocenters. The molecule has 0 aromatic carbocycles. The summed E-state index contributed by atoms with van der Waals surface area (Å²) in [6, 6.07) is 0. The Balaban J connectivity index is 1.96. The third kappa shape index (κ3) is 3.42. The first-order valence-corrected chi connectivity index (χ1v) is 6.42. The standard InChI is InChI=1S/C12H19F2N5/c1-9-2-5-18(6-3-9)12(15)17-8-10-16-4-7-19(10)11(13)14/h4,7,9,11H,2-3,5-6,8H2,1H3,(H2,15,17). The van der Waals surface area contributed by atoms with Gasteiger partial charge in [-0.15, -0.1) is 0 Å². The molecule has 2 rings (SSSR count). The van der Waals surface area contributed by atoms with Crippen molar-refractivity contribution in [3.8, 4) is 0 Å². The zero-order chi connectivity index (χ0) is 13.8. The van der Waals surface area contributed by atoms with Gasteiger partial charge in [0.2, 0.25) is 0 Å². The van der Waals surface area contributed by atoms with E-state index >= 15 is 0 Å². The first-order valence-electron chi connectivity index (χ1n) is 6.42. The summed E-state index contributed by atoms with van der Waals surface area (Å²) in [6.45, 7) is 1.45. The van der Waals surface area contributed by atoms with Crippen LogP contribution in [0, 0.1) is 5.92 Å². The van der Waals surface area contributed by atoms with Gasteiger partial charge in [0.25, 0.3) is 0 Å². The predicted octanol–water partition coefficient (Wildman–Crippen LogP) is 1.82. The summed E-state index contributed by atoms with van der Waals surface area (Å²) in [5.74, 6) is 1.35. The summed E-state index contributed by atoms with van der Waals surface area (Å²) in [7, 11) is 0. The van der Waals surface area contributed by atoms with Crippen LogP contribution >= 0.6 is 0 Å². The molecule has 2 N–H and O–H groups in total. The number of piperidine rings is 1. The molecule has 1 saturated heterocycles. The lowest BCUT2D eigenvalue weighted by atomic mass is 10.00. The van der Waals surface area contributed by atoms with E-state index in [1.165, 1.54) is 12.4 Å². The minimum atomic E-state index is -2.59. The molecule has 2 heterocycles. The van der Waals surface area contributed by atoms with Gasteiger partial charge in [-0.2, -0.15) is 8.78 Å². The molecule has 1 aliphatic rings. The summed E-state index contributed by atoms with van der Waals surface area (Å²) < 4.78 is 26.0. The third-order valence-electron chi connectivity index (χ3n) is 3.45. The number of aliphatic imine (C=N–C) groups is 1. The molecule has 5 nitrogen and oxygen atoms in total. The second-order valence-corrected chi connectivity index (χ2v) is 4.87. The summed E-state index contributed by atoms with van der Waals surface area (Å²) in [4.78, 5) is 10.0. The Bertz CT molecular complexity index is 435. The van der Waals surface area contributed by atoms with E-state index in [1.54, 1.807) is 0 Å². The first-order chi connectivity index (χ1) is 9.08. The lowest BCUT2D eigenvalue weighted by Gasteiger charge is -2.30. The smallest absolute Gasteiger partial charge is 0.319 e. The number of guanidine groups is 1. The molecule has 106 valence electrons. The average molecular weight is 271 g/mol. The van der Waals surface area contributed by atoms with Crippen LogP contribution in [0.25, 0.3) is 0 Å². The van der Waals surface area contributed by atoms with Crippen LogP contribution < -0.4 is 5.73 Å². The molecule has 0 aliphatic carbocycles. The van der Waals surface area contributed by atoms with Crippen molar-refractivity contribution in [3.63, 3.8) is 0 Å². The SMILES string of the molecule is CC1CCN(C(N)=NCc2nccn2C(F)F)CC1. The monoisotopic (exact) mass is 271 g/mol. The molecular formula is C12H19F2N5. The van der Waals surface area contributed by atoms with Crippen molar-refractivity contribution in [3.05, 3.63) is 18.2 Å². The Morgan fingerprint density at radius 2 is 2.21 bits per heavy atom. The van der Waals surface area contributed by atoms with E-state index in [1.807, 2.05) is 4.90 Å². The fourth-order valence-electron chi connectivity index (χ4n) is 2.13. The van der Waals surface area contributed by atoms with Crippen LogP contribution in [-0.2, 0) is 6.54 Å². The number of hydrogen-bond donors (Lipinski definition) is 1. The Morgan fingerprint density at radius 1 is 1.53 bits per heavy atom. The van der Waals surface area contributed by atoms with Gasteiger partial charge in [-0.3, -0.25) is 4.57 Å². The number of hydrogen-bond acceptors (Lipinski definition) is 2. The number of aromatic nitrogens is 2. The number of likely N-dealkylation sites (tertiary alicyclic amines) is 1. The molecule has 0 radical (unpaired) electrons. The van der Waals surface area contributed by atoms with Crippen molar-refractivity contribution in [2.75, 3.05) is 13.1 Å². The van der Waals surface area contributed by atoms with Crippen LogP contribution in [0.4, 0.5) is 8.78 Å². The number of alkyl halides is 2. The molecule has 19 heavy (non-hydrogen) atoms. The molecule has 0 spiro atoms. The summed E-state index contributed by atoms with van der Waals surface area (Å²) in [5.41, 5.74) is 5.89. The maximum absolute atomic E-state index is 12.6. The van der Waals surface area contributed by atoms with Crippen molar-refractivity contribution in [2.45, 2.75) is 32.9 Å². The molecular weight excluding hydrogens is 252 g/mol. The molecule has 1 aromatic heterocycles. The lowest BCUT2D eigenvalue weighted by Crippen LogP contribution is -2.42. The maximum atomic E-state index is 12.6. The van der Waals surface area contributed by atoms with E-state index in [-0.39, 0.29) is 12.4 Å². The second-order valence-electron chi connectivity index (χ2n) is 4.87. The fourth-order valence-corrected chi connectivity index (χ4v) is 2.13. The summed E-state index contributed by atoms with van der Waals surface area (Å²) >= 11 is 0. The zero-order valence-electron chi connectivity index (χ0n) is 11.0. The minimum absolute atomic E-state index is 0.0786. The van der Waals surface area contributed by atoms with Crippen LogP contribution in [0.3, 0.4) is 0 Å². The van der Waals surface area contributed by atoms with E-state index in [2.05, 4.69) is 16.9 Å². The van der Waals surface area contributed by atoms with Crippen LogP contribution in [0.15, 0.2) is 17.4 Å². The van der Waals surface area contributed by atoms with Gasteiger partial charge in [-0.25, -0.2) is 9.98 Å². The van der Waals surface area contributed by atoms with Crippen LogP contribution in [0.5, 0.6) is 0 Å². The van der Waals surface area contributed by atoms with Gasteiger partial charge >= 0.3 is 6.55 Å². The van der Waals surface area contributed by atoms with Crippen LogP contribution in [0.1, 0.15) is 32.1 Å². The van der Waals surface area contributed by atoms with Crippen LogP contribution in [-0.4, -0.2) is 33.5 Å². The average Bonchev–Trinajstić information content (AvgIpc) is 2.85. The van der Waals surface area contributed by atoms with Gasteiger partial charge in [-0.1, -0.05) is 6.92 Å². The third-order valence-corrected chi connectivity index (χ3v) is 3.45. The van der Waals surface area contributed by atoms with Crippen molar-refractivity contribution in [1.82, 2.24) is 14.5 Å². The van der Waals surface area contributed by atoms with E-state index in [4.69, 9.17) is 5.73 Å². The number of nitrogens with two attached hydrogens (primary N) is 1. The highest BCUT2D eigenvalue weighted by Crippen LogP contribution is 2.16. The summed E-state index contributed by atoms with van der Waals surface area (Å²) in [5, 5.41) is 0. The van der Waals surface area contributed by atoms with E-state index in [0.717, 1.165) is 30.5 Å². The molecule has 0 saturated carbocycles. The Hall–Kier alpha value is -1.66. The Kier molecular flexibility index (Phi) is 4.34. The van der Waals surface area contributed by atoms with Gasteiger partial charge < -0.3 is 10.6 Å². The molecule has 1 aromatic rings. The molecule has 1 fully saturated rings. The fraction of sp³-hybridized carbons (Fsp3) is 0.667. The molecule has 0 amide bonds. The predicted molar refractivity (Wildman–Crippen MR) is 68.8 cm³/mol. The van der Waals surface area contributed by atoms with Crippen molar-refractivity contribution < 1.29 is 8.78 Å². The highest BCUT2D eigenvalue weighted by atomic mass is 19.3. The molecule has 7 heteroatoms. The highest BCUT2D eigenvalue weighted by molar-refractivity contribution is 5.78. The van der Waals surface area contributed by atoms with Gasteiger partial charge in [0.05, 0.1) is 0 Å². The number of nitrogens with zero attached hydrogens (tertiary/aromatic N) is 4. The topological polar surface area (TPSA) is 59.4 Å². The minimum Gasteiger partial charge on any atom is -0.370 e. The first kappa shape index (κ1) is 13.8. The quantitative estimate of drug-likeness (QED) is 0.674. The van der Waals surface area contributed by atoms with Crippen LogP contribution in [0.2, 0.25) is 0 Å². The van der Waals surface area contributed by atoms with E-state index < -0.39 is 6.55 Å². The van der Waals surface area contributed by atoms with Gasteiger partial charge in [0, 0.05) is 25.5 Å². The van der Waals surface area contributed by atoms with E-state index in [0.29, 0.717) is 11.9 Å². The highest BCUT2D eigenvalue weighted by Gasteiger charge is 2.17. The molecule has 1 aliphatic heterocycles. The van der Waals surface area contributed by atoms with Gasteiger partial charge in [0.1, 0.15) is 12.4 Å². The number of imidazole rings is 1. The summed E-state index contributed by atoms with van der Waals surface area (Å²) in [6.07, 6.45) is 4.76. The van der Waals surface area contributed by atoms with Gasteiger partial charge in [0.15, 0.2) is 5.96 Å². The number of rotatable bonds is 3. The van der Waals surface area contributed by atoms with Crippen molar-refractivity contribution in [2.24, 2.45) is 16.6 Å². The van der Waals surface area contributed by atoms with E-state index in [9.17, 15) is 8.78 Å². The Labute approximate surface area is 111 Å². The second kappa shape index (κ2) is 5.99. The van der Waals surface area contributed by atoms with Crippen molar-refractivity contribution >= 4 is 5.96 Å². The Morgan fingerprint density at radius 3 is 2.84 bits per heavy atom. The lowest BCUT2D eigenvalue weighted by molar-refractivity contribution is 0.0671. The molecule has 0 unspecified atom stereocenters. The largest absolute Gasteiger partial charge is 0.370 e. The molecule has 0 bridgehead atoms. The van der Waals surface area contributed by atoms with Crippen molar-refractivity contribution in [1.29, 1.82) is 0 Å². The maximum Gasteiger partial charge on any atom is 0.319 e. The zero-order valence-corrected chi connectivity index (χ0v) is 11.0. The number of halogens is 2. The normalized spacial score (nSPS) is 18.3. The van der Waals surface area contributed by atoms with Gasteiger partial charge in [-0.05, 0) is 18.8 Å².